The first-order chi connectivity index (χ1) is 9.33. The molecule has 3 N–H and O–H groups in total. The standard InChI is InChI=1S/C12H21N3O5/c1-7(2)13-12(19)14-10(17)6-15-5-8(16)4-9(15)11(18)20-3/h7-9,16H,4-6H2,1-3H3,(H2,13,14,17,19). The van der Waals surface area contributed by atoms with Crippen LogP contribution < -0.4 is 10.6 Å². The molecule has 20 heavy (non-hydrogen) atoms. The van der Waals surface area contributed by atoms with Gasteiger partial charge in [0, 0.05) is 19.0 Å². The van der Waals surface area contributed by atoms with Crippen molar-refractivity contribution in [1.82, 2.24) is 15.5 Å². The van der Waals surface area contributed by atoms with E-state index in [2.05, 4.69) is 15.4 Å². The number of nitrogens with zero attached hydrogens (tertiary/aromatic N) is 1. The number of ether oxygens (including phenoxy) is 1. The lowest BCUT2D eigenvalue weighted by atomic mass is 10.2. The number of carbonyl (C=O) groups excluding carboxylic acids is 3. The summed E-state index contributed by atoms with van der Waals surface area (Å²) in [5.74, 6) is -1.04. The normalized spacial score (nSPS) is 22.6. The number of aliphatic hydroxyl groups is 1. The molecule has 0 bridgehead atoms. The van der Waals surface area contributed by atoms with Crippen LogP contribution >= 0.6 is 0 Å². The molecule has 1 aliphatic heterocycles. The average Bonchev–Trinajstić information content (AvgIpc) is 2.67. The van der Waals surface area contributed by atoms with Crippen molar-refractivity contribution in [2.45, 2.75) is 38.5 Å². The third kappa shape index (κ3) is 4.78. The number of β-amino-alcohol motifs (C(OH)–C–C–N with tert-alkyl or cyclic N) is 1. The molecule has 3 amide bonds. The Morgan fingerprint density at radius 1 is 1.40 bits per heavy atom. The zero-order valence-electron chi connectivity index (χ0n) is 11.9. The molecular weight excluding hydrogens is 266 g/mol. The number of urea groups is 1. The zero-order chi connectivity index (χ0) is 15.3. The van der Waals surface area contributed by atoms with E-state index in [0.717, 1.165) is 0 Å². The van der Waals surface area contributed by atoms with Crippen LogP contribution in [0.4, 0.5) is 4.79 Å². The van der Waals surface area contributed by atoms with Crippen molar-refractivity contribution in [3.63, 3.8) is 0 Å². The van der Waals surface area contributed by atoms with Gasteiger partial charge in [-0.3, -0.25) is 19.8 Å². The molecule has 0 radical (unpaired) electrons. The van der Waals surface area contributed by atoms with Crippen molar-refractivity contribution in [2.24, 2.45) is 0 Å². The molecule has 1 saturated heterocycles. The number of aliphatic hydroxyl groups excluding tert-OH is 1. The summed E-state index contributed by atoms with van der Waals surface area (Å²) in [7, 11) is 1.25. The minimum absolute atomic E-state index is 0.0840. The summed E-state index contributed by atoms with van der Waals surface area (Å²) in [6.45, 7) is 3.59. The highest BCUT2D eigenvalue weighted by Crippen LogP contribution is 2.18. The lowest BCUT2D eigenvalue weighted by Crippen LogP contribution is -2.48. The number of likely N-dealkylation sites (tertiary alicyclic amines) is 1. The van der Waals surface area contributed by atoms with Gasteiger partial charge in [-0.2, -0.15) is 0 Å². The molecule has 0 aliphatic carbocycles. The summed E-state index contributed by atoms with van der Waals surface area (Å²) in [6, 6.07) is -1.33. The van der Waals surface area contributed by atoms with Gasteiger partial charge in [0.1, 0.15) is 6.04 Å². The van der Waals surface area contributed by atoms with Crippen LogP contribution in [0.1, 0.15) is 20.3 Å². The largest absolute Gasteiger partial charge is 0.468 e. The topological polar surface area (TPSA) is 108 Å². The molecular formula is C12H21N3O5. The maximum absolute atomic E-state index is 11.7. The number of amides is 3. The predicted molar refractivity (Wildman–Crippen MR) is 69.8 cm³/mol. The summed E-state index contributed by atoms with van der Waals surface area (Å²) in [4.78, 5) is 36.1. The third-order valence-corrected chi connectivity index (χ3v) is 2.87. The van der Waals surface area contributed by atoms with E-state index >= 15 is 0 Å². The van der Waals surface area contributed by atoms with Gasteiger partial charge in [-0.05, 0) is 13.8 Å². The van der Waals surface area contributed by atoms with Gasteiger partial charge in [0.2, 0.25) is 5.91 Å². The average molecular weight is 287 g/mol. The smallest absolute Gasteiger partial charge is 0.323 e. The van der Waals surface area contributed by atoms with Gasteiger partial charge in [0.05, 0.1) is 19.8 Å². The molecule has 2 unspecified atom stereocenters. The molecule has 114 valence electrons. The molecule has 0 aromatic heterocycles. The monoisotopic (exact) mass is 287 g/mol. The Balaban J connectivity index is 2.51. The molecule has 0 spiro atoms. The molecule has 1 rings (SSSR count). The molecule has 8 nitrogen and oxygen atoms in total. The van der Waals surface area contributed by atoms with Gasteiger partial charge in [-0.25, -0.2) is 4.79 Å². The molecule has 0 saturated carbocycles. The van der Waals surface area contributed by atoms with E-state index in [4.69, 9.17) is 0 Å². The number of esters is 1. The van der Waals surface area contributed by atoms with Crippen molar-refractivity contribution >= 4 is 17.9 Å². The van der Waals surface area contributed by atoms with Gasteiger partial charge in [0.15, 0.2) is 0 Å². The van der Waals surface area contributed by atoms with E-state index in [9.17, 15) is 19.5 Å². The Bertz CT molecular complexity index is 385. The number of carbonyl (C=O) groups is 3. The fourth-order valence-corrected chi connectivity index (χ4v) is 2.08. The van der Waals surface area contributed by atoms with Crippen LogP contribution in [0.25, 0.3) is 0 Å². The first kappa shape index (κ1) is 16.4. The van der Waals surface area contributed by atoms with Crippen molar-refractivity contribution in [1.29, 1.82) is 0 Å². The van der Waals surface area contributed by atoms with Crippen LogP contribution in [0.3, 0.4) is 0 Å². The highest BCUT2D eigenvalue weighted by molar-refractivity contribution is 5.95. The van der Waals surface area contributed by atoms with Crippen LogP contribution in [0, 0.1) is 0 Å². The molecule has 0 aromatic rings. The summed E-state index contributed by atoms with van der Waals surface area (Å²) in [5, 5.41) is 14.3. The quantitative estimate of drug-likeness (QED) is 0.562. The van der Waals surface area contributed by atoms with Gasteiger partial charge in [-0.15, -0.1) is 0 Å². The Kier molecular flexibility index (Phi) is 5.90. The number of hydrogen-bond acceptors (Lipinski definition) is 6. The number of imide groups is 1. The predicted octanol–water partition coefficient (Wildman–Crippen LogP) is -1.17. The van der Waals surface area contributed by atoms with Crippen molar-refractivity contribution in [3.8, 4) is 0 Å². The third-order valence-electron chi connectivity index (χ3n) is 2.87. The maximum atomic E-state index is 11.7. The van der Waals surface area contributed by atoms with Gasteiger partial charge in [-0.1, -0.05) is 0 Å². The number of rotatable bonds is 4. The minimum Gasteiger partial charge on any atom is -0.468 e. The highest BCUT2D eigenvalue weighted by Gasteiger charge is 2.37. The van der Waals surface area contributed by atoms with Crippen molar-refractivity contribution in [2.75, 3.05) is 20.2 Å². The van der Waals surface area contributed by atoms with Crippen LogP contribution in [0.15, 0.2) is 0 Å². The summed E-state index contributed by atoms with van der Waals surface area (Å²) in [6.07, 6.45) is -0.464. The maximum Gasteiger partial charge on any atom is 0.323 e. The summed E-state index contributed by atoms with van der Waals surface area (Å²) in [5.41, 5.74) is 0. The Morgan fingerprint density at radius 3 is 2.60 bits per heavy atom. The molecule has 2 atom stereocenters. The zero-order valence-corrected chi connectivity index (χ0v) is 11.9. The summed E-state index contributed by atoms with van der Waals surface area (Å²) < 4.78 is 4.63. The number of nitrogens with one attached hydrogen (secondary N) is 2. The molecule has 8 heteroatoms. The van der Waals surface area contributed by atoms with Crippen LogP contribution in [0.5, 0.6) is 0 Å². The SMILES string of the molecule is COC(=O)C1CC(O)CN1CC(=O)NC(=O)NC(C)C. The first-order valence-electron chi connectivity index (χ1n) is 6.43. The van der Waals surface area contributed by atoms with E-state index in [-0.39, 0.29) is 25.6 Å². The highest BCUT2D eigenvalue weighted by atomic mass is 16.5. The van der Waals surface area contributed by atoms with E-state index in [1.165, 1.54) is 12.0 Å². The Morgan fingerprint density at radius 2 is 2.05 bits per heavy atom. The first-order valence-corrected chi connectivity index (χ1v) is 6.43. The molecule has 1 heterocycles. The Hall–Kier alpha value is -1.67. The fourth-order valence-electron chi connectivity index (χ4n) is 2.08. The lowest BCUT2D eigenvalue weighted by molar-refractivity contribution is -0.146. The van der Waals surface area contributed by atoms with Gasteiger partial charge in [0.25, 0.3) is 0 Å². The van der Waals surface area contributed by atoms with Crippen LogP contribution in [-0.4, -0.2) is 66.3 Å². The number of methoxy groups -OCH3 is 1. The number of hydrogen-bond donors (Lipinski definition) is 3. The van der Waals surface area contributed by atoms with E-state index in [1.54, 1.807) is 13.8 Å². The van der Waals surface area contributed by atoms with Gasteiger partial charge >= 0.3 is 12.0 Å². The van der Waals surface area contributed by atoms with E-state index in [0.29, 0.717) is 0 Å². The van der Waals surface area contributed by atoms with E-state index in [1.807, 2.05) is 0 Å². The second-order valence-electron chi connectivity index (χ2n) is 5.03. The van der Waals surface area contributed by atoms with Crippen LogP contribution in [0.2, 0.25) is 0 Å². The second-order valence-corrected chi connectivity index (χ2v) is 5.03. The second kappa shape index (κ2) is 7.20. The molecule has 1 aliphatic rings. The van der Waals surface area contributed by atoms with Crippen molar-refractivity contribution in [3.05, 3.63) is 0 Å². The van der Waals surface area contributed by atoms with E-state index < -0.39 is 30.1 Å². The van der Waals surface area contributed by atoms with Crippen molar-refractivity contribution < 1.29 is 24.2 Å². The molecule has 1 fully saturated rings. The van der Waals surface area contributed by atoms with Crippen LogP contribution in [-0.2, 0) is 14.3 Å². The fraction of sp³-hybridized carbons (Fsp3) is 0.750. The minimum atomic E-state index is -0.684. The Labute approximate surface area is 117 Å². The lowest BCUT2D eigenvalue weighted by Gasteiger charge is -2.21. The summed E-state index contributed by atoms with van der Waals surface area (Å²) >= 11 is 0. The van der Waals surface area contributed by atoms with Gasteiger partial charge < -0.3 is 15.2 Å². The molecule has 0 aromatic carbocycles.